The molecule has 0 spiro atoms. The van der Waals surface area contributed by atoms with Crippen LogP contribution in [0.3, 0.4) is 0 Å². The van der Waals surface area contributed by atoms with Crippen molar-refractivity contribution in [3.05, 3.63) is 12.3 Å². The third-order valence-corrected chi connectivity index (χ3v) is 1.57. The molecular weight excluding hydrogens is 132 g/mol. The molecule has 0 saturated carbocycles. The van der Waals surface area contributed by atoms with Crippen LogP contribution < -0.4 is 0 Å². The van der Waals surface area contributed by atoms with E-state index < -0.39 is 6.29 Å². The summed E-state index contributed by atoms with van der Waals surface area (Å²) in [5, 5.41) is 8.86. The number of allylic oxidation sites excluding steroid dienone is 1. The van der Waals surface area contributed by atoms with Crippen molar-refractivity contribution < 1.29 is 14.6 Å². The summed E-state index contributed by atoms with van der Waals surface area (Å²) in [6.07, 6.45) is 2.51. The van der Waals surface area contributed by atoms with Crippen LogP contribution in [-0.2, 0) is 9.53 Å². The molecule has 10 heavy (non-hydrogen) atoms. The number of carbonyl (C=O) groups excluding carboxylic acids is 1. The molecule has 0 aliphatic carbocycles. The molecule has 1 aliphatic rings. The third kappa shape index (κ3) is 1.19. The van der Waals surface area contributed by atoms with E-state index >= 15 is 0 Å². The Bertz CT molecular complexity index is 162. The Hall–Kier alpha value is -0.830. The van der Waals surface area contributed by atoms with Crippen LogP contribution in [0.1, 0.15) is 13.3 Å². The summed E-state index contributed by atoms with van der Waals surface area (Å²) in [6.45, 7) is 1.89. The summed E-state index contributed by atoms with van der Waals surface area (Å²) in [5.74, 6) is -0.409. The summed E-state index contributed by atoms with van der Waals surface area (Å²) in [5.41, 5.74) is 0. The van der Waals surface area contributed by atoms with Gasteiger partial charge in [0.1, 0.15) is 0 Å². The second-order valence-corrected chi connectivity index (χ2v) is 2.23. The van der Waals surface area contributed by atoms with E-state index in [0.29, 0.717) is 0 Å². The fourth-order valence-corrected chi connectivity index (χ4v) is 0.897. The summed E-state index contributed by atoms with van der Waals surface area (Å²) < 4.78 is 4.55. The first-order chi connectivity index (χ1) is 4.75. The van der Waals surface area contributed by atoms with E-state index in [4.69, 9.17) is 5.11 Å². The Morgan fingerprint density at radius 3 is 3.00 bits per heavy atom. The molecule has 1 aliphatic heterocycles. The Kier molecular flexibility index (Phi) is 2.06. The zero-order chi connectivity index (χ0) is 7.56. The van der Waals surface area contributed by atoms with Crippen LogP contribution in [0.2, 0.25) is 0 Å². The predicted octanol–water partition coefficient (Wildman–Crippen LogP) is 0.444. The minimum absolute atomic E-state index is 0.163. The molecule has 56 valence electrons. The molecule has 0 bridgehead atoms. The van der Waals surface area contributed by atoms with E-state index in [1.807, 2.05) is 6.92 Å². The second kappa shape index (κ2) is 2.84. The van der Waals surface area contributed by atoms with Gasteiger partial charge in [0.15, 0.2) is 0 Å². The normalized spacial score (nSPS) is 32.0. The van der Waals surface area contributed by atoms with Crippen LogP contribution in [0.25, 0.3) is 0 Å². The van der Waals surface area contributed by atoms with Gasteiger partial charge in [-0.25, -0.2) is 0 Å². The summed E-state index contributed by atoms with van der Waals surface area (Å²) in [4.78, 5) is 10.9. The highest BCUT2D eigenvalue weighted by Crippen LogP contribution is 2.14. The van der Waals surface area contributed by atoms with Gasteiger partial charge in [-0.05, 0) is 12.5 Å². The molecule has 0 saturated heterocycles. The first-order valence-electron chi connectivity index (χ1n) is 3.29. The summed E-state index contributed by atoms with van der Waals surface area (Å²) in [7, 11) is 0. The highest BCUT2D eigenvalue weighted by molar-refractivity contribution is 5.86. The Labute approximate surface area is 59.3 Å². The second-order valence-electron chi connectivity index (χ2n) is 2.23. The van der Waals surface area contributed by atoms with Gasteiger partial charge in [-0.3, -0.25) is 4.79 Å². The molecule has 1 heterocycles. The fourth-order valence-electron chi connectivity index (χ4n) is 0.897. The van der Waals surface area contributed by atoms with Crippen molar-refractivity contribution in [1.82, 2.24) is 0 Å². The molecule has 0 aromatic carbocycles. The van der Waals surface area contributed by atoms with Crippen molar-refractivity contribution in [3.8, 4) is 0 Å². The van der Waals surface area contributed by atoms with Crippen molar-refractivity contribution in [2.45, 2.75) is 19.6 Å². The van der Waals surface area contributed by atoms with Gasteiger partial charge in [0.25, 0.3) is 6.29 Å². The van der Waals surface area contributed by atoms with Crippen LogP contribution >= 0.6 is 0 Å². The van der Waals surface area contributed by atoms with Gasteiger partial charge in [0.05, 0.1) is 6.26 Å². The summed E-state index contributed by atoms with van der Waals surface area (Å²) in [6, 6.07) is 0. The lowest BCUT2D eigenvalue weighted by Gasteiger charge is -2.18. The van der Waals surface area contributed by atoms with Crippen molar-refractivity contribution in [2.75, 3.05) is 0 Å². The number of rotatable bonds is 1. The zero-order valence-electron chi connectivity index (χ0n) is 5.78. The highest BCUT2D eigenvalue weighted by Gasteiger charge is 2.25. The topological polar surface area (TPSA) is 46.5 Å². The van der Waals surface area contributed by atoms with Crippen LogP contribution in [0, 0.1) is 5.92 Å². The van der Waals surface area contributed by atoms with E-state index in [1.54, 1.807) is 6.08 Å². The molecular formula is C7H10O3. The van der Waals surface area contributed by atoms with Gasteiger partial charge >= 0.3 is 0 Å². The highest BCUT2D eigenvalue weighted by atomic mass is 16.6. The predicted molar refractivity (Wildman–Crippen MR) is 35.0 cm³/mol. The minimum Gasteiger partial charge on any atom is -0.465 e. The zero-order valence-corrected chi connectivity index (χ0v) is 5.78. The molecule has 1 rings (SSSR count). The van der Waals surface area contributed by atoms with Crippen LogP contribution in [0.4, 0.5) is 0 Å². The van der Waals surface area contributed by atoms with E-state index in [2.05, 4.69) is 4.74 Å². The molecule has 0 amide bonds. The SMILES string of the molecule is CCC1C=COC(O)C1=O. The van der Waals surface area contributed by atoms with Crippen LogP contribution in [-0.4, -0.2) is 17.2 Å². The Morgan fingerprint density at radius 2 is 2.50 bits per heavy atom. The van der Waals surface area contributed by atoms with E-state index in [9.17, 15) is 4.79 Å². The molecule has 3 nitrogen and oxygen atoms in total. The van der Waals surface area contributed by atoms with Crippen LogP contribution in [0.5, 0.6) is 0 Å². The quantitative estimate of drug-likeness (QED) is 0.578. The molecule has 0 radical (unpaired) electrons. The van der Waals surface area contributed by atoms with Crippen molar-refractivity contribution >= 4 is 5.78 Å². The summed E-state index contributed by atoms with van der Waals surface area (Å²) >= 11 is 0. The maximum Gasteiger partial charge on any atom is 0.257 e. The lowest BCUT2D eigenvalue weighted by Crippen LogP contribution is -2.30. The molecule has 0 fully saturated rings. The maximum atomic E-state index is 10.9. The van der Waals surface area contributed by atoms with E-state index in [-0.39, 0.29) is 11.7 Å². The lowest BCUT2D eigenvalue weighted by atomic mass is 10.00. The van der Waals surface area contributed by atoms with Gasteiger partial charge in [0, 0.05) is 5.92 Å². The monoisotopic (exact) mass is 142 g/mol. The van der Waals surface area contributed by atoms with Gasteiger partial charge < -0.3 is 9.84 Å². The maximum absolute atomic E-state index is 10.9. The number of hydrogen-bond acceptors (Lipinski definition) is 3. The Morgan fingerprint density at radius 1 is 1.80 bits per heavy atom. The van der Waals surface area contributed by atoms with Crippen molar-refractivity contribution in [2.24, 2.45) is 5.92 Å². The van der Waals surface area contributed by atoms with Gasteiger partial charge in [-0.2, -0.15) is 0 Å². The van der Waals surface area contributed by atoms with E-state index in [1.165, 1.54) is 6.26 Å². The number of hydrogen-bond donors (Lipinski definition) is 1. The smallest absolute Gasteiger partial charge is 0.257 e. The molecule has 0 aromatic rings. The largest absolute Gasteiger partial charge is 0.465 e. The molecule has 3 heteroatoms. The molecule has 1 N–H and O–H groups in total. The van der Waals surface area contributed by atoms with Crippen molar-refractivity contribution in [1.29, 1.82) is 0 Å². The number of aliphatic hydroxyl groups excluding tert-OH is 1. The first-order valence-corrected chi connectivity index (χ1v) is 3.29. The Balaban J connectivity index is 2.66. The number of aliphatic hydroxyl groups is 1. The number of Topliss-reactive ketones (excluding diaryl/α,β-unsaturated/α-hetero) is 1. The minimum atomic E-state index is -1.24. The molecule has 2 atom stereocenters. The van der Waals surface area contributed by atoms with E-state index in [0.717, 1.165) is 6.42 Å². The van der Waals surface area contributed by atoms with Gasteiger partial charge in [-0.15, -0.1) is 0 Å². The lowest BCUT2D eigenvalue weighted by molar-refractivity contribution is -0.151. The standard InChI is InChI=1S/C7H10O3/c1-2-5-3-4-10-7(9)6(5)8/h3-5,7,9H,2H2,1H3. The molecule has 2 unspecified atom stereocenters. The van der Waals surface area contributed by atoms with Crippen LogP contribution in [0.15, 0.2) is 12.3 Å². The molecule has 0 aromatic heterocycles. The first kappa shape index (κ1) is 7.28. The number of ether oxygens (including phenoxy) is 1. The average molecular weight is 142 g/mol. The number of carbonyl (C=O) groups is 1. The third-order valence-electron chi connectivity index (χ3n) is 1.57. The average Bonchev–Trinajstić information content (AvgIpc) is 1.95. The van der Waals surface area contributed by atoms with Gasteiger partial charge in [0.2, 0.25) is 5.78 Å². The van der Waals surface area contributed by atoms with Crippen molar-refractivity contribution in [3.63, 3.8) is 0 Å². The number of ketones is 1. The van der Waals surface area contributed by atoms with Gasteiger partial charge in [-0.1, -0.05) is 6.92 Å². The fraction of sp³-hybridized carbons (Fsp3) is 0.571.